The fourth-order valence-electron chi connectivity index (χ4n) is 1.92. The lowest BCUT2D eigenvalue weighted by Crippen LogP contribution is -2.20. The number of hydrogen-bond donors (Lipinski definition) is 2. The van der Waals surface area contributed by atoms with E-state index in [0.717, 1.165) is 23.4 Å². The van der Waals surface area contributed by atoms with Crippen LogP contribution in [0.2, 0.25) is 5.02 Å². The van der Waals surface area contributed by atoms with Crippen molar-refractivity contribution in [3.8, 4) is 0 Å². The van der Waals surface area contributed by atoms with Crippen LogP contribution in [-0.2, 0) is 11.3 Å². The van der Waals surface area contributed by atoms with Gasteiger partial charge in [-0.25, -0.2) is 0 Å². The van der Waals surface area contributed by atoms with E-state index in [-0.39, 0.29) is 11.3 Å². The first-order valence-electron chi connectivity index (χ1n) is 5.75. The number of ether oxygens (including phenoxy) is 1. The number of nitrogens with one attached hydrogen (secondary N) is 1. The normalized spacial score (nSPS) is 16.8. The van der Waals surface area contributed by atoms with Gasteiger partial charge >= 0.3 is 0 Å². The summed E-state index contributed by atoms with van der Waals surface area (Å²) in [5.74, 6) is 0.262. The zero-order valence-corrected chi connectivity index (χ0v) is 10.5. The minimum atomic E-state index is 0.151. The first-order chi connectivity index (χ1) is 8.10. The molecule has 0 heterocycles. The summed E-state index contributed by atoms with van der Waals surface area (Å²) in [5, 5.41) is 8.06. The van der Waals surface area contributed by atoms with E-state index in [1.807, 2.05) is 24.3 Å². The number of halogens is 1. The van der Waals surface area contributed by atoms with Crippen molar-refractivity contribution < 1.29 is 4.74 Å². The fourth-order valence-corrected chi connectivity index (χ4v) is 2.04. The number of benzene rings is 1. The van der Waals surface area contributed by atoms with Crippen LogP contribution in [0.1, 0.15) is 24.8 Å². The molecule has 0 aromatic heterocycles. The Morgan fingerprint density at radius 3 is 2.53 bits per heavy atom. The summed E-state index contributed by atoms with van der Waals surface area (Å²) in [5.41, 5.74) is 6.70. The lowest BCUT2D eigenvalue weighted by atomic mass is 10.0. The second-order valence-corrected chi connectivity index (χ2v) is 5.26. The molecule has 4 heteroatoms. The van der Waals surface area contributed by atoms with Gasteiger partial charge in [0, 0.05) is 16.9 Å². The third-order valence-electron chi connectivity index (χ3n) is 3.11. The molecule has 0 aliphatic heterocycles. The van der Waals surface area contributed by atoms with Gasteiger partial charge in [-0.15, -0.1) is 0 Å². The van der Waals surface area contributed by atoms with Crippen LogP contribution in [0, 0.1) is 10.8 Å². The van der Waals surface area contributed by atoms with Crippen LogP contribution in [0.15, 0.2) is 24.3 Å². The number of nitrogens with two attached hydrogens (primary N) is 1. The van der Waals surface area contributed by atoms with Gasteiger partial charge in [0.25, 0.3) is 0 Å². The van der Waals surface area contributed by atoms with E-state index >= 15 is 0 Å². The summed E-state index contributed by atoms with van der Waals surface area (Å²) in [6, 6.07) is 7.66. The predicted octanol–water partition coefficient (Wildman–Crippen LogP) is 2.96. The highest BCUT2D eigenvalue weighted by Gasteiger charge is 2.43. The maximum absolute atomic E-state index is 7.32. The Morgan fingerprint density at radius 2 is 2.00 bits per heavy atom. The van der Waals surface area contributed by atoms with Gasteiger partial charge in [0.05, 0.1) is 19.0 Å². The number of rotatable bonds is 6. The molecule has 0 unspecified atom stereocenters. The molecule has 0 spiro atoms. The lowest BCUT2D eigenvalue weighted by molar-refractivity contribution is 0.0802. The summed E-state index contributed by atoms with van der Waals surface area (Å²) < 4.78 is 5.69. The van der Waals surface area contributed by atoms with Crippen LogP contribution >= 0.6 is 11.6 Å². The van der Waals surface area contributed by atoms with E-state index in [1.54, 1.807) is 0 Å². The summed E-state index contributed by atoms with van der Waals surface area (Å²) in [6.07, 6.45) is 2.90. The van der Waals surface area contributed by atoms with Crippen molar-refractivity contribution in [2.75, 3.05) is 6.61 Å². The molecule has 3 N–H and O–H groups in total. The molecule has 2 rings (SSSR count). The molecule has 0 bridgehead atoms. The lowest BCUT2D eigenvalue weighted by Gasteiger charge is -2.14. The van der Waals surface area contributed by atoms with E-state index in [1.165, 1.54) is 0 Å². The van der Waals surface area contributed by atoms with Gasteiger partial charge in [-0.2, -0.15) is 0 Å². The molecular formula is C13H17ClN2O. The zero-order chi connectivity index (χ0) is 12.3. The topological polar surface area (TPSA) is 59.1 Å². The van der Waals surface area contributed by atoms with Gasteiger partial charge in [-0.1, -0.05) is 23.7 Å². The van der Waals surface area contributed by atoms with Crippen LogP contribution < -0.4 is 5.73 Å². The average molecular weight is 253 g/mol. The van der Waals surface area contributed by atoms with Crippen molar-refractivity contribution in [3.63, 3.8) is 0 Å². The molecule has 0 saturated heterocycles. The molecule has 17 heavy (non-hydrogen) atoms. The van der Waals surface area contributed by atoms with Crippen LogP contribution in [0.5, 0.6) is 0 Å². The van der Waals surface area contributed by atoms with Crippen LogP contribution in [0.3, 0.4) is 0 Å². The van der Waals surface area contributed by atoms with Crippen molar-refractivity contribution in [1.82, 2.24) is 0 Å². The van der Waals surface area contributed by atoms with Crippen LogP contribution in [-0.4, -0.2) is 12.4 Å². The Hall–Kier alpha value is -1.06. The molecule has 1 fully saturated rings. The molecule has 92 valence electrons. The predicted molar refractivity (Wildman–Crippen MR) is 69.3 cm³/mol. The van der Waals surface area contributed by atoms with Gasteiger partial charge in [-0.05, 0) is 30.5 Å². The molecule has 0 amide bonds. The van der Waals surface area contributed by atoms with Crippen LogP contribution in [0.25, 0.3) is 0 Å². The third kappa shape index (κ3) is 3.72. The molecule has 1 aliphatic rings. The van der Waals surface area contributed by atoms with Crippen molar-refractivity contribution in [2.45, 2.75) is 25.9 Å². The highest BCUT2D eigenvalue weighted by molar-refractivity contribution is 6.30. The quantitative estimate of drug-likeness (QED) is 0.604. The molecule has 3 nitrogen and oxygen atoms in total. The summed E-state index contributed by atoms with van der Waals surface area (Å²) in [6.45, 7) is 1.28. The monoisotopic (exact) mass is 252 g/mol. The summed E-state index contributed by atoms with van der Waals surface area (Å²) in [7, 11) is 0. The number of amidine groups is 1. The van der Waals surface area contributed by atoms with E-state index in [0.29, 0.717) is 19.6 Å². The van der Waals surface area contributed by atoms with Crippen molar-refractivity contribution in [1.29, 1.82) is 5.41 Å². The molecular weight excluding hydrogens is 236 g/mol. The Morgan fingerprint density at radius 1 is 1.35 bits per heavy atom. The fraction of sp³-hybridized carbons (Fsp3) is 0.462. The smallest absolute Gasteiger partial charge is 0.0911 e. The van der Waals surface area contributed by atoms with Gasteiger partial charge in [0.15, 0.2) is 0 Å². The molecule has 1 aromatic carbocycles. The highest BCUT2D eigenvalue weighted by Crippen LogP contribution is 2.48. The Kier molecular flexibility index (Phi) is 3.69. The van der Waals surface area contributed by atoms with E-state index in [4.69, 9.17) is 27.5 Å². The summed E-state index contributed by atoms with van der Waals surface area (Å²) >= 11 is 5.81. The van der Waals surface area contributed by atoms with E-state index in [9.17, 15) is 0 Å². The Balaban J connectivity index is 1.76. The van der Waals surface area contributed by atoms with Crippen molar-refractivity contribution in [2.24, 2.45) is 11.1 Å². The molecule has 0 atom stereocenters. The van der Waals surface area contributed by atoms with Gasteiger partial charge in [0.1, 0.15) is 0 Å². The minimum absolute atomic E-state index is 0.151. The standard InChI is InChI=1S/C13H17ClN2O/c14-11-3-1-10(2-4-11)8-17-9-13(5-6-13)7-12(15)16/h1-4H,5-9H2,(H3,15,16). The Labute approximate surface area is 106 Å². The van der Waals surface area contributed by atoms with Gasteiger partial charge in [0.2, 0.25) is 0 Å². The van der Waals surface area contributed by atoms with Crippen LogP contribution in [0.4, 0.5) is 0 Å². The van der Waals surface area contributed by atoms with Gasteiger partial charge in [-0.3, -0.25) is 5.41 Å². The largest absolute Gasteiger partial charge is 0.388 e. The maximum Gasteiger partial charge on any atom is 0.0911 e. The average Bonchev–Trinajstić information content (AvgIpc) is 3.00. The first kappa shape index (κ1) is 12.4. The highest BCUT2D eigenvalue weighted by atomic mass is 35.5. The number of hydrogen-bond acceptors (Lipinski definition) is 2. The SMILES string of the molecule is N=C(N)CC1(COCc2ccc(Cl)cc2)CC1. The second-order valence-electron chi connectivity index (χ2n) is 4.82. The molecule has 1 aliphatic carbocycles. The minimum Gasteiger partial charge on any atom is -0.388 e. The van der Waals surface area contributed by atoms with Crippen molar-refractivity contribution >= 4 is 17.4 Å². The maximum atomic E-state index is 7.32. The summed E-state index contributed by atoms with van der Waals surface area (Å²) in [4.78, 5) is 0. The van der Waals surface area contributed by atoms with E-state index in [2.05, 4.69) is 0 Å². The zero-order valence-electron chi connectivity index (χ0n) is 9.71. The van der Waals surface area contributed by atoms with Gasteiger partial charge < -0.3 is 10.5 Å². The second kappa shape index (κ2) is 5.07. The molecule has 1 saturated carbocycles. The van der Waals surface area contributed by atoms with E-state index < -0.39 is 0 Å². The molecule has 1 aromatic rings. The Bertz CT molecular complexity index is 398. The first-order valence-corrected chi connectivity index (χ1v) is 6.13. The third-order valence-corrected chi connectivity index (χ3v) is 3.36. The molecule has 0 radical (unpaired) electrons. The van der Waals surface area contributed by atoms with Crippen molar-refractivity contribution in [3.05, 3.63) is 34.9 Å².